The number of hydrogen-bond donors (Lipinski definition) is 2. The van der Waals surface area contributed by atoms with Gasteiger partial charge in [-0.05, 0) is 36.2 Å². The molecule has 2 aromatic carbocycles. The van der Waals surface area contributed by atoms with E-state index in [4.69, 9.17) is 9.41 Å². The Balaban J connectivity index is 1.37. The van der Waals surface area contributed by atoms with Crippen molar-refractivity contribution in [2.24, 2.45) is 4.99 Å². The van der Waals surface area contributed by atoms with Crippen LogP contribution in [0.25, 0.3) is 11.5 Å². The van der Waals surface area contributed by atoms with Crippen LogP contribution in [0.4, 0.5) is 0 Å². The Morgan fingerprint density at radius 2 is 1.90 bits per heavy atom. The van der Waals surface area contributed by atoms with Crippen molar-refractivity contribution in [2.45, 2.75) is 26.6 Å². The van der Waals surface area contributed by atoms with Gasteiger partial charge in [-0.2, -0.15) is 5.10 Å². The molecular formula is C24H26N6O. The number of aliphatic imine (C=N–C) groups is 1. The van der Waals surface area contributed by atoms with Crippen LogP contribution < -0.4 is 10.6 Å². The number of guanidine groups is 1. The number of nitrogens with one attached hydrogen (secondary N) is 2. The standard InChI is InChI=1S/C24H26N6O/c1-2-25-24(27-16-22-18-31-23(29-22)21-10-4-3-5-11-21)26-15-19-8-6-9-20(14-19)17-30-13-7-12-28-30/h3-14,18H,2,15-17H2,1H3,(H2,25,26,27). The molecule has 7 heteroatoms. The Morgan fingerprint density at radius 3 is 2.71 bits per heavy atom. The van der Waals surface area contributed by atoms with Crippen molar-refractivity contribution in [1.82, 2.24) is 25.4 Å². The predicted octanol–water partition coefficient (Wildman–Crippen LogP) is 3.84. The van der Waals surface area contributed by atoms with E-state index in [1.807, 2.05) is 54.2 Å². The van der Waals surface area contributed by atoms with Crippen molar-refractivity contribution in [3.8, 4) is 11.5 Å². The van der Waals surface area contributed by atoms with Gasteiger partial charge in [0.1, 0.15) is 6.26 Å². The van der Waals surface area contributed by atoms with Crippen LogP contribution in [0.2, 0.25) is 0 Å². The third-order valence-corrected chi connectivity index (χ3v) is 4.67. The molecule has 0 amide bonds. The molecule has 0 saturated carbocycles. The van der Waals surface area contributed by atoms with Crippen LogP contribution in [0.3, 0.4) is 0 Å². The van der Waals surface area contributed by atoms with Crippen molar-refractivity contribution < 1.29 is 4.42 Å². The lowest BCUT2D eigenvalue weighted by Gasteiger charge is -2.10. The van der Waals surface area contributed by atoms with Gasteiger partial charge in [-0.1, -0.05) is 42.5 Å². The first-order valence-corrected chi connectivity index (χ1v) is 10.4. The van der Waals surface area contributed by atoms with Crippen LogP contribution >= 0.6 is 0 Å². The molecule has 31 heavy (non-hydrogen) atoms. The van der Waals surface area contributed by atoms with Crippen LogP contribution in [-0.2, 0) is 19.6 Å². The zero-order valence-electron chi connectivity index (χ0n) is 17.5. The Kier molecular flexibility index (Phi) is 6.74. The number of aromatic nitrogens is 3. The van der Waals surface area contributed by atoms with E-state index in [9.17, 15) is 0 Å². The monoisotopic (exact) mass is 414 g/mol. The first-order chi connectivity index (χ1) is 15.3. The normalized spacial score (nSPS) is 11.5. The molecule has 2 aromatic heterocycles. The lowest BCUT2D eigenvalue weighted by molar-refractivity contribution is 0.572. The third-order valence-electron chi connectivity index (χ3n) is 4.67. The molecular weight excluding hydrogens is 388 g/mol. The first kappa shape index (κ1) is 20.4. The van der Waals surface area contributed by atoms with E-state index >= 15 is 0 Å². The minimum absolute atomic E-state index is 0.529. The molecule has 0 unspecified atom stereocenters. The summed E-state index contributed by atoms with van der Waals surface area (Å²) in [7, 11) is 0. The third kappa shape index (κ3) is 5.82. The average Bonchev–Trinajstić information content (AvgIpc) is 3.49. The highest BCUT2D eigenvalue weighted by atomic mass is 16.3. The summed E-state index contributed by atoms with van der Waals surface area (Å²) in [6.07, 6.45) is 5.43. The maximum Gasteiger partial charge on any atom is 0.226 e. The lowest BCUT2D eigenvalue weighted by Crippen LogP contribution is -2.36. The van der Waals surface area contributed by atoms with E-state index in [2.05, 4.69) is 45.0 Å². The van der Waals surface area contributed by atoms with E-state index < -0.39 is 0 Å². The minimum atomic E-state index is 0.529. The Bertz CT molecular complexity index is 1100. The van der Waals surface area contributed by atoms with Crippen LogP contribution in [-0.4, -0.2) is 27.3 Å². The van der Waals surface area contributed by atoms with Gasteiger partial charge in [0.15, 0.2) is 5.96 Å². The predicted molar refractivity (Wildman–Crippen MR) is 121 cm³/mol. The molecule has 0 atom stereocenters. The fraction of sp³-hybridized carbons (Fsp3) is 0.208. The molecule has 0 fully saturated rings. The molecule has 0 aliphatic rings. The van der Waals surface area contributed by atoms with E-state index in [1.54, 1.807) is 12.5 Å². The first-order valence-electron chi connectivity index (χ1n) is 10.4. The summed E-state index contributed by atoms with van der Waals surface area (Å²) in [5.41, 5.74) is 4.13. The van der Waals surface area contributed by atoms with E-state index in [0.29, 0.717) is 19.0 Å². The van der Waals surface area contributed by atoms with Gasteiger partial charge < -0.3 is 15.1 Å². The van der Waals surface area contributed by atoms with Crippen molar-refractivity contribution in [2.75, 3.05) is 6.54 Å². The van der Waals surface area contributed by atoms with Gasteiger partial charge in [-0.25, -0.2) is 9.98 Å². The van der Waals surface area contributed by atoms with Gasteiger partial charge in [0.25, 0.3) is 0 Å². The molecule has 4 rings (SSSR count). The molecule has 0 radical (unpaired) electrons. The van der Waals surface area contributed by atoms with Crippen LogP contribution in [0.5, 0.6) is 0 Å². The van der Waals surface area contributed by atoms with Crippen molar-refractivity contribution in [3.05, 3.63) is 96.1 Å². The van der Waals surface area contributed by atoms with Crippen molar-refractivity contribution in [1.29, 1.82) is 0 Å². The highest BCUT2D eigenvalue weighted by molar-refractivity contribution is 5.79. The molecule has 7 nitrogen and oxygen atoms in total. The summed E-state index contributed by atoms with van der Waals surface area (Å²) in [6.45, 7) is 4.68. The molecule has 158 valence electrons. The molecule has 2 N–H and O–H groups in total. The second-order valence-corrected chi connectivity index (χ2v) is 7.08. The van der Waals surface area contributed by atoms with Crippen molar-refractivity contribution >= 4 is 5.96 Å². The number of oxazole rings is 1. The fourth-order valence-electron chi connectivity index (χ4n) is 3.20. The van der Waals surface area contributed by atoms with Crippen molar-refractivity contribution in [3.63, 3.8) is 0 Å². The van der Waals surface area contributed by atoms with Crippen LogP contribution in [0.15, 0.2) is 88.7 Å². The highest BCUT2D eigenvalue weighted by Crippen LogP contribution is 2.17. The van der Waals surface area contributed by atoms with Gasteiger partial charge in [-0.3, -0.25) is 4.68 Å². The largest absolute Gasteiger partial charge is 0.444 e. The van der Waals surface area contributed by atoms with Crippen LogP contribution in [0.1, 0.15) is 23.7 Å². The SMILES string of the molecule is CCNC(=NCc1cccc(Cn2cccn2)c1)NCc1coc(-c2ccccc2)n1. The minimum Gasteiger partial charge on any atom is -0.444 e. The van der Waals surface area contributed by atoms with Gasteiger partial charge in [0, 0.05) is 24.5 Å². The van der Waals surface area contributed by atoms with E-state index in [0.717, 1.165) is 35.9 Å². The summed E-state index contributed by atoms with van der Waals surface area (Å²) in [4.78, 5) is 9.27. The summed E-state index contributed by atoms with van der Waals surface area (Å²) < 4.78 is 7.52. The Hall–Kier alpha value is -3.87. The maximum absolute atomic E-state index is 5.61. The number of benzene rings is 2. The molecule has 0 aliphatic heterocycles. The quantitative estimate of drug-likeness (QED) is 0.338. The molecule has 2 heterocycles. The summed E-state index contributed by atoms with van der Waals surface area (Å²) in [5, 5.41) is 10.9. The smallest absolute Gasteiger partial charge is 0.226 e. The zero-order valence-corrected chi connectivity index (χ0v) is 17.5. The number of nitrogens with zero attached hydrogens (tertiary/aromatic N) is 4. The summed E-state index contributed by atoms with van der Waals surface area (Å²) >= 11 is 0. The molecule has 0 saturated heterocycles. The number of hydrogen-bond acceptors (Lipinski definition) is 4. The zero-order chi connectivity index (χ0) is 21.3. The molecule has 0 bridgehead atoms. The molecule has 0 aliphatic carbocycles. The molecule has 4 aromatic rings. The highest BCUT2D eigenvalue weighted by Gasteiger charge is 2.07. The second-order valence-electron chi connectivity index (χ2n) is 7.08. The Morgan fingerprint density at radius 1 is 1.03 bits per heavy atom. The summed E-state index contributed by atoms with van der Waals surface area (Å²) in [6, 6.07) is 20.2. The maximum atomic E-state index is 5.61. The van der Waals surface area contributed by atoms with Gasteiger partial charge in [0.2, 0.25) is 5.89 Å². The number of rotatable bonds is 8. The topological polar surface area (TPSA) is 80.3 Å². The van der Waals surface area contributed by atoms with Gasteiger partial charge in [0.05, 0.1) is 25.3 Å². The Labute approximate surface area is 181 Å². The van der Waals surface area contributed by atoms with Gasteiger partial charge >= 0.3 is 0 Å². The lowest BCUT2D eigenvalue weighted by atomic mass is 10.1. The second kappa shape index (κ2) is 10.2. The fourth-order valence-corrected chi connectivity index (χ4v) is 3.20. The summed E-state index contributed by atoms with van der Waals surface area (Å²) in [5.74, 6) is 1.36. The van der Waals surface area contributed by atoms with Gasteiger partial charge in [-0.15, -0.1) is 0 Å². The van der Waals surface area contributed by atoms with E-state index in [-0.39, 0.29) is 0 Å². The average molecular weight is 415 g/mol. The van der Waals surface area contributed by atoms with Crippen LogP contribution in [0, 0.1) is 0 Å². The molecule has 0 spiro atoms. The van der Waals surface area contributed by atoms with E-state index in [1.165, 1.54) is 5.56 Å².